The lowest BCUT2D eigenvalue weighted by atomic mass is 9.93. The van der Waals surface area contributed by atoms with Gasteiger partial charge in [-0.3, -0.25) is 40.5 Å². The lowest BCUT2D eigenvalue weighted by molar-refractivity contribution is -0.394. The van der Waals surface area contributed by atoms with E-state index in [0.717, 1.165) is 24.3 Å². The van der Waals surface area contributed by atoms with Crippen LogP contribution in [0.5, 0.6) is 0 Å². The van der Waals surface area contributed by atoms with Gasteiger partial charge >= 0.3 is 11.9 Å². The number of non-ortho nitro benzene ring substituents is 4. The molecule has 2 fully saturated rings. The number of nitrogens with zero attached hydrogens (tertiary/aromatic N) is 4. The molecule has 4 rings (SSSR count). The molecule has 0 saturated carbocycles. The average Bonchev–Trinajstić information content (AvgIpc) is 2.94. The first-order valence-electron chi connectivity index (χ1n) is 12.0. The van der Waals surface area contributed by atoms with Crippen molar-refractivity contribution in [3.05, 3.63) is 88.0 Å². The molecule has 2 aliphatic heterocycles. The summed E-state index contributed by atoms with van der Waals surface area (Å²) < 4.78 is 22.6. The van der Waals surface area contributed by atoms with Crippen LogP contribution in [0.2, 0.25) is 0 Å². The van der Waals surface area contributed by atoms with E-state index in [1.807, 2.05) is 0 Å². The van der Waals surface area contributed by atoms with Crippen LogP contribution >= 0.6 is 0 Å². The van der Waals surface area contributed by atoms with Crippen molar-refractivity contribution in [1.29, 1.82) is 0 Å². The summed E-state index contributed by atoms with van der Waals surface area (Å²) in [7, 11) is 0. The Kier molecular flexibility index (Phi) is 8.15. The Labute approximate surface area is 228 Å². The Morgan fingerprint density at radius 2 is 1.17 bits per heavy atom. The average molecular weight is 576 g/mol. The van der Waals surface area contributed by atoms with E-state index >= 15 is 0 Å². The summed E-state index contributed by atoms with van der Waals surface area (Å²) in [6.45, 7) is -0.0166. The van der Waals surface area contributed by atoms with Crippen LogP contribution < -0.4 is 0 Å². The summed E-state index contributed by atoms with van der Waals surface area (Å²) >= 11 is 0. The SMILES string of the molecule is O=C(OC1COC2(CCCCO2)C(OC(=O)c2cc([N+](=O)[O-])cc([N+](=O)[O-])c2)C1)c1cc([N+](=O)[O-])cc([N+](=O)[O-])c1. The molecule has 2 heterocycles. The number of nitro benzene ring substituents is 4. The highest BCUT2D eigenvalue weighted by Gasteiger charge is 2.50. The van der Waals surface area contributed by atoms with Crippen molar-refractivity contribution < 1.29 is 48.2 Å². The van der Waals surface area contributed by atoms with Crippen LogP contribution in [-0.4, -0.2) is 62.8 Å². The molecule has 3 atom stereocenters. The van der Waals surface area contributed by atoms with Gasteiger partial charge in [0.05, 0.1) is 56.2 Å². The van der Waals surface area contributed by atoms with E-state index < -0.39 is 83.5 Å². The summed E-state index contributed by atoms with van der Waals surface area (Å²) in [4.78, 5) is 67.0. The first kappa shape index (κ1) is 28.9. The van der Waals surface area contributed by atoms with Crippen LogP contribution in [0.1, 0.15) is 46.4 Å². The molecule has 41 heavy (non-hydrogen) atoms. The maximum atomic E-state index is 13.0. The molecule has 2 aliphatic rings. The van der Waals surface area contributed by atoms with Crippen LogP contribution in [0, 0.1) is 40.5 Å². The van der Waals surface area contributed by atoms with Crippen molar-refractivity contribution in [3.63, 3.8) is 0 Å². The normalized spacial score (nSPS) is 22.0. The minimum Gasteiger partial charge on any atom is -0.456 e. The van der Waals surface area contributed by atoms with Crippen LogP contribution in [0.3, 0.4) is 0 Å². The van der Waals surface area contributed by atoms with Crippen LogP contribution in [0.25, 0.3) is 0 Å². The van der Waals surface area contributed by atoms with E-state index in [2.05, 4.69) is 0 Å². The quantitative estimate of drug-likeness (QED) is 0.248. The number of rotatable bonds is 8. The molecule has 2 saturated heterocycles. The second kappa shape index (κ2) is 11.6. The number of hydrogen-bond donors (Lipinski definition) is 0. The van der Waals surface area contributed by atoms with Gasteiger partial charge in [-0.25, -0.2) is 9.59 Å². The number of esters is 2. The van der Waals surface area contributed by atoms with Crippen molar-refractivity contribution in [2.24, 2.45) is 0 Å². The zero-order valence-electron chi connectivity index (χ0n) is 20.9. The third-order valence-corrected chi connectivity index (χ3v) is 6.39. The fraction of sp³-hybridized carbons (Fsp3) is 0.391. The summed E-state index contributed by atoms with van der Waals surface area (Å²) in [5, 5.41) is 44.8. The van der Waals surface area contributed by atoms with E-state index in [4.69, 9.17) is 18.9 Å². The standard InChI is InChI=1S/C23H20N4O14/c28-21(13-5-15(24(30)31)9-16(6-13)25(32)33)40-19-11-20(23(39-12-19)3-1-2-4-38-23)41-22(29)14-7-17(26(34)35)10-18(8-14)27(36)37/h5-10,19-20H,1-4,11-12H2. The number of nitro groups is 4. The first-order chi connectivity index (χ1) is 19.4. The zero-order valence-corrected chi connectivity index (χ0v) is 20.9. The van der Waals surface area contributed by atoms with E-state index in [1.165, 1.54) is 0 Å². The zero-order chi connectivity index (χ0) is 29.9. The second-order valence-corrected chi connectivity index (χ2v) is 9.09. The molecule has 3 unspecified atom stereocenters. The summed E-state index contributed by atoms with van der Waals surface area (Å²) in [5.41, 5.74) is -3.81. The highest BCUT2D eigenvalue weighted by atomic mass is 16.7. The van der Waals surface area contributed by atoms with E-state index in [0.29, 0.717) is 25.0 Å². The van der Waals surface area contributed by atoms with Gasteiger partial charge in [0.25, 0.3) is 22.7 Å². The molecule has 0 aromatic heterocycles. The minimum atomic E-state index is -1.46. The fourth-order valence-electron chi connectivity index (χ4n) is 4.46. The Bertz CT molecular complexity index is 1370. The van der Waals surface area contributed by atoms with Gasteiger partial charge in [0.2, 0.25) is 5.79 Å². The Morgan fingerprint density at radius 1 is 0.707 bits per heavy atom. The molecular weight excluding hydrogens is 556 g/mol. The highest BCUT2D eigenvalue weighted by Crippen LogP contribution is 2.38. The predicted molar refractivity (Wildman–Crippen MR) is 131 cm³/mol. The molecule has 0 aliphatic carbocycles. The monoisotopic (exact) mass is 576 g/mol. The smallest absolute Gasteiger partial charge is 0.339 e. The number of benzene rings is 2. The number of ether oxygens (including phenoxy) is 4. The lowest BCUT2D eigenvalue weighted by Gasteiger charge is -2.46. The number of hydrogen-bond acceptors (Lipinski definition) is 14. The molecule has 0 radical (unpaired) electrons. The minimum absolute atomic E-state index is 0.217. The Morgan fingerprint density at radius 3 is 1.59 bits per heavy atom. The molecule has 216 valence electrons. The van der Waals surface area contributed by atoms with Crippen molar-refractivity contribution in [3.8, 4) is 0 Å². The maximum Gasteiger partial charge on any atom is 0.339 e. The molecule has 0 bridgehead atoms. The van der Waals surface area contributed by atoms with Crippen molar-refractivity contribution in [2.75, 3.05) is 13.2 Å². The third kappa shape index (κ3) is 6.39. The molecule has 2 aromatic rings. The summed E-state index contributed by atoms with van der Waals surface area (Å²) in [5.74, 6) is -3.78. The lowest BCUT2D eigenvalue weighted by Crippen LogP contribution is -2.57. The first-order valence-corrected chi connectivity index (χ1v) is 12.0. The highest BCUT2D eigenvalue weighted by molar-refractivity contribution is 5.92. The van der Waals surface area contributed by atoms with Crippen molar-refractivity contribution in [2.45, 2.75) is 43.7 Å². The third-order valence-electron chi connectivity index (χ3n) is 6.39. The topological polar surface area (TPSA) is 244 Å². The molecule has 1 spiro atoms. The van der Waals surface area contributed by atoms with Gasteiger partial charge in [-0.2, -0.15) is 0 Å². The van der Waals surface area contributed by atoms with Gasteiger partial charge < -0.3 is 18.9 Å². The van der Waals surface area contributed by atoms with Gasteiger partial charge in [0, 0.05) is 37.1 Å². The molecule has 18 nitrogen and oxygen atoms in total. The molecule has 0 amide bonds. The van der Waals surface area contributed by atoms with E-state index in [1.54, 1.807) is 0 Å². The van der Waals surface area contributed by atoms with Gasteiger partial charge in [0.15, 0.2) is 6.10 Å². The van der Waals surface area contributed by atoms with Crippen molar-refractivity contribution >= 4 is 34.7 Å². The largest absolute Gasteiger partial charge is 0.456 e. The maximum absolute atomic E-state index is 13.0. The summed E-state index contributed by atoms with van der Waals surface area (Å²) in [6, 6.07) is 4.58. The van der Waals surface area contributed by atoms with Gasteiger partial charge in [0.1, 0.15) is 6.10 Å². The van der Waals surface area contributed by atoms with Crippen molar-refractivity contribution in [1.82, 2.24) is 0 Å². The fourth-order valence-corrected chi connectivity index (χ4v) is 4.46. The van der Waals surface area contributed by atoms with Gasteiger partial charge in [-0.05, 0) is 12.8 Å². The van der Waals surface area contributed by atoms with Gasteiger partial charge in [-0.15, -0.1) is 0 Å². The summed E-state index contributed by atoms with van der Waals surface area (Å²) in [6.07, 6.45) is -1.04. The molecular formula is C23H20N4O14. The van der Waals surface area contributed by atoms with E-state index in [-0.39, 0.29) is 26.1 Å². The van der Waals surface area contributed by atoms with E-state index in [9.17, 15) is 50.0 Å². The van der Waals surface area contributed by atoms with Gasteiger partial charge in [-0.1, -0.05) is 0 Å². The second-order valence-electron chi connectivity index (χ2n) is 9.09. The Balaban J connectivity index is 1.58. The molecule has 18 heteroatoms. The molecule has 0 N–H and O–H groups in total. The number of carbonyl (C=O) groups excluding carboxylic acids is 2. The number of carbonyl (C=O) groups is 2. The van der Waals surface area contributed by atoms with Crippen LogP contribution in [0.15, 0.2) is 36.4 Å². The molecule has 2 aromatic carbocycles. The van der Waals surface area contributed by atoms with Crippen LogP contribution in [-0.2, 0) is 18.9 Å². The van der Waals surface area contributed by atoms with Crippen LogP contribution in [0.4, 0.5) is 22.7 Å². The predicted octanol–water partition coefficient (Wildman–Crippen LogP) is 3.39. The Hall–Kier alpha value is -5.10.